The lowest BCUT2D eigenvalue weighted by atomic mass is 10.1. The van der Waals surface area contributed by atoms with Gasteiger partial charge in [-0.15, -0.1) is 10.2 Å². The van der Waals surface area contributed by atoms with Gasteiger partial charge in [-0.05, 0) is 43.7 Å². The monoisotopic (exact) mass is 427 g/mol. The van der Waals surface area contributed by atoms with Crippen molar-refractivity contribution in [3.8, 4) is 17.1 Å². The molecule has 152 valence electrons. The average Bonchev–Trinajstić information content (AvgIpc) is 3.07. The molecule has 0 bridgehead atoms. The van der Waals surface area contributed by atoms with E-state index in [4.69, 9.17) is 11.6 Å². The van der Waals surface area contributed by atoms with Gasteiger partial charge >= 0.3 is 0 Å². The van der Waals surface area contributed by atoms with Crippen LogP contribution in [0, 0.1) is 13.8 Å². The summed E-state index contributed by atoms with van der Waals surface area (Å²) in [4.78, 5) is 12.2. The number of nitrogens with zero attached hydrogens (tertiary/aromatic N) is 4. The van der Waals surface area contributed by atoms with Crippen LogP contribution in [0.5, 0.6) is 5.88 Å². The van der Waals surface area contributed by atoms with E-state index in [1.165, 1.54) is 0 Å². The molecule has 0 amide bonds. The fraction of sp³-hybridized carbons (Fsp3) is 0.0833. The molecule has 5 rings (SSSR count). The van der Waals surface area contributed by atoms with Crippen molar-refractivity contribution in [1.82, 2.24) is 15.0 Å². The van der Waals surface area contributed by atoms with E-state index < -0.39 is 0 Å². The van der Waals surface area contributed by atoms with E-state index in [0.29, 0.717) is 10.7 Å². The number of aryl methyl sites for hydroxylation is 2. The van der Waals surface area contributed by atoms with E-state index >= 15 is 0 Å². The maximum atomic E-state index is 10.4. The van der Waals surface area contributed by atoms with Crippen molar-refractivity contribution in [2.75, 3.05) is 0 Å². The molecule has 31 heavy (non-hydrogen) atoms. The van der Waals surface area contributed by atoms with E-state index in [-0.39, 0.29) is 11.8 Å². The molecule has 0 spiro atoms. The molecule has 0 fully saturated rings. The Labute approximate surface area is 183 Å². The van der Waals surface area contributed by atoms with Gasteiger partial charge in [0.25, 0.3) is 5.95 Å². The van der Waals surface area contributed by atoms with Crippen LogP contribution >= 0.6 is 11.6 Å². The predicted octanol–water partition coefficient (Wildman–Crippen LogP) is 7.17. The second-order valence-electron chi connectivity index (χ2n) is 7.42. The Kier molecular flexibility index (Phi) is 4.64. The molecule has 0 saturated heterocycles. The van der Waals surface area contributed by atoms with Gasteiger partial charge in [-0.25, -0.2) is 9.97 Å². The minimum atomic E-state index is -0.0360. The molecule has 0 unspecified atom stereocenters. The number of H-pyrrole nitrogens is 1. The summed E-state index contributed by atoms with van der Waals surface area (Å²) in [6, 6.07) is 19.2. The summed E-state index contributed by atoms with van der Waals surface area (Å²) in [6.45, 7) is 3.99. The van der Waals surface area contributed by atoms with Gasteiger partial charge in [-0.3, -0.25) is 0 Å². The maximum Gasteiger partial charge on any atom is 0.270 e. The summed E-state index contributed by atoms with van der Waals surface area (Å²) in [5.74, 6) is 0.174. The standard InChI is InChI=1S/C24H18ClN5O/c1-13-11-14(2)20-18(12-13)22(23(31)27-20)29-30-24-26-19-6-4-3-5-17(19)21(28-24)15-7-9-16(25)10-8-15/h3-12,27,31H,1-2H3. The van der Waals surface area contributed by atoms with Gasteiger partial charge in [0.05, 0.1) is 16.7 Å². The Hall–Kier alpha value is -3.77. The number of aromatic nitrogens is 3. The number of hydrogen-bond acceptors (Lipinski definition) is 5. The fourth-order valence-electron chi connectivity index (χ4n) is 3.76. The molecule has 0 saturated carbocycles. The molecule has 6 nitrogen and oxygen atoms in total. The number of para-hydroxylation sites is 1. The summed E-state index contributed by atoms with van der Waals surface area (Å²) in [6.07, 6.45) is 0. The lowest BCUT2D eigenvalue weighted by Gasteiger charge is -2.06. The van der Waals surface area contributed by atoms with Gasteiger partial charge in [-0.1, -0.05) is 53.6 Å². The number of hydrogen-bond donors (Lipinski definition) is 2. The van der Waals surface area contributed by atoms with Crippen molar-refractivity contribution >= 4 is 45.0 Å². The average molecular weight is 428 g/mol. The molecule has 0 aliphatic heterocycles. The van der Waals surface area contributed by atoms with Gasteiger partial charge in [0.2, 0.25) is 5.88 Å². The molecule has 0 aliphatic carbocycles. The van der Waals surface area contributed by atoms with Crippen molar-refractivity contribution in [2.45, 2.75) is 13.8 Å². The van der Waals surface area contributed by atoms with Crippen molar-refractivity contribution in [2.24, 2.45) is 10.2 Å². The van der Waals surface area contributed by atoms with Crippen molar-refractivity contribution in [3.63, 3.8) is 0 Å². The van der Waals surface area contributed by atoms with Crippen molar-refractivity contribution < 1.29 is 5.11 Å². The van der Waals surface area contributed by atoms with E-state index in [1.54, 1.807) is 0 Å². The topological polar surface area (TPSA) is 86.5 Å². The molecule has 2 aromatic heterocycles. The molecular weight excluding hydrogens is 410 g/mol. The minimum Gasteiger partial charge on any atom is -0.493 e. The zero-order valence-corrected chi connectivity index (χ0v) is 17.6. The molecule has 2 N–H and O–H groups in total. The SMILES string of the molecule is Cc1cc(C)c2[nH]c(O)c(N=Nc3nc(-c4ccc(Cl)cc4)c4ccccc4n3)c2c1. The highest BCUT2D eigenvalue weighted by atomic mass is 35.5. The third-order valence-corrected chi connectivity index (χ3v) is 5.40. The van der Waals surface area contributed by atoms with Crippen LogP contribution in [0.4, 0.5) is 11.6 Å². The third kappa shape index (κ3) is 3.51. The third-order valence-electron chi connectivity index (χ3n) is 5.15. The van der Waals surface area contributed by atoms with Gasteiger partial charge in [0.15, 0.2) is 5.69 Å². The predicted molar refractivity (Wildman–Crippen MR) is 124 cm³/mol. The first kappa shape index (κ1) is 19.2. The van der Waals surface area contributed by atoms with E-state index in [1.807, 2.05) is 74.5 Å². The van der Waals surface area contributed by atoms with Crippen LogP contribution in [0.3, 0.4) is 0 Å². The zero-order valence-electron chi connectivity index (χ0n) is 16.9. The first-order valence-electron chi connectivity index (χ1n) is 9.76. The second-order valence-corrected chi connectivity index (χ2v) is 7.86. The molecule has 2 heterocycles. The van der Waals surface area contributed by atoms with Gasteiger partial charge in [0.1, 0.15) is 0 Å². The van der Waals surface area contributed by atoms with Gasteiger partial charge in [0, 0.05) is 21.4 Å². The number of halogens is 1. The highest BCUT2D eigenvalue weighted by Crippen LogP contribution is 2.38. The summed E-state index contributed by atoms with van der Waals surface area (Å²) < 4.78 is 0. The first-order valence-corrected chi connectivity index (χ1v) is 10.1. The summed E-state index contributed by atoms with van der Waals surface area (Å²) in [7, 11) is 0. The number of aromatic hydroxyl groups is 1. The van der Waals surface area contributed by atoms with Crippen LogP contribution in [0.1, 0.15) is 11.1 Å². The largest absolute Gasteiger partial charge is 0.493 e. The van der Waals surface area contributed by atoms with E-state index in [2.05, 4.69) is 25.2 Å². The quantitative estimate of drug-likeness (QED) is 0.299. The van der Waals surface area contributed by atoms with Gasteiger partial charge in [-0.2, -0.15) is 0 Å². The zero-order chi connectivity index (χ0) is 21.5. The Balaban J connectivity index is 1.65. The Bertz CT molecular complexity index is 1470. The fourth-order valence-corrected chi connectivity index (χ4v) is 3.88. The van der Waals surface area contributed by atoms with Crippen molar-refractivity contribution in [3.05, 3.63) is 76.8 Å². The molecule has 0 atom stereocenters. The van der Waals surface area contributed by atoms with Gasteiger partial charge < -0.3 is 10.1 Å². The number of aromatic amines is 1. The summed E-state index contributed by atoms with van der Waals surface area (Å²) in [5, 5.41) is 21.3. The summed E-state index contributed by atoms with van der Waals surface area (Å²) in [5.41, 5.74) is 5.70. The second kappa shape index (κ2) is 7.49. The minimum absolute atomic E-state index is 0.0360. The number of rotatable bonds is 3. The first-order chi connectivity index (χ1) is 15.0. The molecule has 7 heteroatoms. The van der Waals surface area contributed by atoms with E-state index in [9.17, 15) is 5.11 Å². The highest BCUT2D eigenvalue weighted by Gasteiger charge is 2.14. The van der Waals surface area contributed by atoms with Crippen LogP contribution in [0.15, 0.2) is 70.9 Å². The molecule has 0 radical (unpaired) electrons. The number of azo groups is 1. The molecule has 3 aromatic carbocycles. The van der Waals surface area contributed by atoms with E-state index in [0.717, 1.165) is 44.2 Å². The lowest BCUT2D eigenvalue weighted by Crippen LogP contribution is -1.90. The van der Waals surface area contributed by atoms with Crippen LogP contribution in [0.25, 0.3) is 33.1 Å². The maximum absolute atomic E-state index is 10.4. The van der Waals surface area contributed by atoms with Crippen LogP contribution in [0.2, 0.25) is 5.02 Å². The molecular formula is C24H18ClN5O. The number of fused-ring (bicyclic) bond motifs is 2. The summed E-state index contributed by atoms with van der Waals surface area (Å²) >= 11 is 6.05. The highest BCUT2D eigenvalue weighted by molar-refractivity contribution is 6.30. The number of nitrogens with one attached hydrogen (secondary N) is 1. The van der Waals surface area contributed by atoms with Crippen molar-refractivity contribution in [1.29, 1.82) is 0 Å². The number of benzene rings is 3. The van der Waals surface area contributed by atoms with Crippen LogP contribution in [-0.4, -0.2) is 20.1 Å². The Morgan fingerprint density at radius 1 is 0.903 bits per heavy atom. The Morgan fingerprint density at radius 2 is 1.68 bits per heavy atom. The molecule has 5 aromatic rings. The van der Waals surface area contributed by atoms with Crippen LogP contribution < -0.4 is 0 Å². The smallest absolute Gasteiger partial charge is 0.270 e. The van der Waals surface area contributed by atoms with Crippen LogP contribution in [-0.2, 0) is 0 Å². The molecule has 0 aliphatic rings. The normalized spacial score (nSPS) is 11.7. The lowest BCUT2D eigenvalue weighted by molar-refractivity contribution is 0.459. The Morgan fingerprint density at radius 3 is 2.48 bits per heavy atom.